The molecule has 1 N–H and O–H groups in total. The Bertz CT molecular complexity index is 671. The lowest BCUT2D eigenvalue weighted by atomic mass is 9.98. The fourth-order valence-electron chi connectivity index (χ4n) is 2.75. The maximum atomic E-state index is 11.1. The number of carboxylic acids is 1. The molecule has 3 rings (SSSR count). The van der Waals surface area contributed by atoms with Crippen molar-refractivity contribution in [1.29, 1.82) is 0 Å². The van der Waals surface area contributed by atoms with Gasteiger partial charge in [0.2, 0.25) is 5.89 Å². The molecule has 0 saturated carbocycles. The summed E-state index contributed by atoms with van der Waals surface area (Å²) in [5.41, 5.74) is 0.883. The average Bonchev–Trinajstić information content (AvgIpc) is 2.96. The molecule has 1 atom stereocenters. The molecule has 1 aliphatic rings. The maximum Gasteiger partial charge on any atom is 0.307 e. The Balaban J connectivity index is 1.68. The molecule has 0 amide bonds. The highest BCUT2D eigenvalue weighted by atomic mass is 35.5. The first-order valence-electron chi connectivity index (χ1n) is 7.27. The molecule has 22 heavy (non-hydrogen) atoms. The molecular weight excluding hydrogens is 304 g/mol. The molecule has 1 aliphatic heterocycles. The number of hydrogen-bond donors (Lipinski definition) is 1. The summed E-state index contributed by atoms with van der Waals surface area (Å²) in [7, 11) is 0. The topological polar surface area (TPSA) is 66.6 Å². The lowest BCUT2D eigenvalue weighted by Gasteiger charge is -2.29. The summed E-state index contributed by atoms with van der Waals surface area (Å²) in [5.74, 6) is 0.248. The van der Waals surface area contributed by atoms with E-state index < -0.39 is 5.97 Å². The van der Waals surface area contributed by atoms with E-state index in [1.54, 1.807) is 6.20 Å². The zero-order valence-electron chi connectivity index (χ0n) is 12.0. The van der Waals surface area contributed by atoms with Crippen LogP contribution in [0, 0.1) is 5.92 Å². The van der Waals surface area contributed by atoms with E-state index in [-0.39, 0.29) is 5.92 Å². The predicted molar refractivity (Wildman–Crippen MR) is 82.6 cm³/mol. The van der Waals surface area contributed by atoms with Crippen molar-refractivity contribution in [2.24, 2.45) is 5.92 Å². The van der Waals surface area contributed by atoms with Gasteiger partial charge in [-0.25, -0.2) is 4.98 Å². The minimum atomic E-state index is -0.725. The zero-order valence-corrected chi connectivity index (χ0v) is 12.8. The number of rotatable bonds is 4. The van der Waals surface area contributed by atoms with E-state index in [0.717, 1.165) is 24.9 Å². The number of hydrogen-bond acceptors (Lipinski definition) is 4. The van der Waals surface area contributed by atoms with Crippen LogP contribution in [0.25, 0.3) is 11.3 Å². The number of likely N-dealkylation sites (tertiary alicyclic amines) is 1. The van der Waals surface area contributed by atoms with Gasteiger partial charge in [0, 0.05) is 17.1 Å². The second-order valence-corrected chi connectivity index (χ2v) is 5.98. The molecule has 0 unspecified atom stereocenters. The van der Waals surface area contributed by atoms with Crippen LogP contribution in [0.3, 0.4) is 0 Å². The van der Waals surface area contributed by atoms with Gasteiger partial charge in [-0.3, -0.25) is 9.69 Å². The summed E-state index contributed by atoms with van der Waals surface area (Å²) in [5, 5.41) is 9.77. The number of aromatic nitrogens is 1. The molecular formula is C16H17ClN2O3. The number of halogens is 1. The highest BCUT2D eigenvalue weighted by molar-refractivity contribution is 6.30. The fourth-order valence-corrected chi connectivity index (χ4v) is 2.94. The van der Waals surface area contributed by atoms with Crippen molar-refractivity contribution < 1.29 is 14.3 Å². The number of carbonyl (C=O) groups is 1. The van der Waals surface area contributed by atoms with Crippen LogP contribution in [0.5, 0.6) is 0 Å². The van der Waals surface area contributed by atoms with E-state index >= 15 is 0 Å². The van der Waals surface area contributed by atoms with Gasteiger partial charge in [-0.2, -0.15) is 0 Å². The van der Waals surface area contributed by atoms with Gasteiger partial charge in [-0.05, 0) is 31.5 Å². The highest BCUT2D eigenvalue weighted by Crippen LogP contribution is 2.25. The molecule has 1 fully saturated rings. The van der Waals surface area contributed by atoms with Crippen molar-refractivity contribution in [3.8, 4) is 11.3 Å². The second kappa shape index (κ2) is 6.50. The van der Waals surface area contributed by atoms with E-state index in [4.69, 9.17) is 21.1 Å². The third-order valence-electron chi connectivity index (χ3n) is 3.88. The van der Waals surface area contributed by atoms with Gasteiger partial charge in [0.1, 0.15) is 0 Å². The number of oxazole rings is 1. The van der Waals surface area contributed by atoms with Gasteiger partial charge in [0.05, 0.1) is 18.7 Å². The Morgan fingerprint density at radius 3 is 3.14 bits per heavy atom. The Morgan fingerprint density at radius 1 is 1.50 bits per heavy atom. The molecule has 2 heterocycles. The van der Waals surface area contributed by atoms with Gasteiger partial charge in [-0.1, -0.05) is 23.7 Å². The summed E-state index contributed by atoms with van der Waals surface area (Å²) in [6.07, 6.45) is 3.31. The van der Waals surface area contributed by atoms with Crippen LogP contribution < -0.4 is 0 Å². The first-order valence-corrected chi connectivity index (χ1v) is 7.65. The van der Waals surface area contributed by atoms with Gasteiger partial charge in [-0.15, -0.1) is 0 Å². The molecule has 0 spiro atoms. The van der Waals surface area contributed by atoms with E-state index in [0.29, 0.717) is 29.8 Å². The number of carboxylic acid groups (broad SMARTS) is 1. The monoisotopic (exact) mass is 320 g/mol. The van der Waals surface area contributed by atoms with Crippen LogP contribution in [0.2, 0.25) is 5.02 Å². The highest BCUT2D eigenvalue weighted by Gasteiger charge is 2.26. The summed E-state index contributed by atoms with van der Waals surface area (Å²) >= 11 is 5.98. The van der Waals surface area contributed by atoms with Crippen LogP contribution in [-0.4, -0.2) is 34.0 Å². The number of aliphatic carboxylic acids is 1. The van der Waals surface area contributed by atoms with Crippen LogP contribution in [-0.2, 0) is 11.3 Å². The van der Waals surface area contributed by atoms with Crippen LogP contribution >= 0.6 is 11.6 Å². The summed E-state index contributed by atoms with van der Waals surface area (Å²) in [4.78, 5) is 17.5. The molecule has 1 saturated heterocycles. The molecule has 0 radical (unpaired) electrons. The average molecular weight is 321 g/mol. The van der Waals surface area contributed by atoms with Crippen molar-refractivity contribution in [3.63, 3.8) is 0 Å². The fraction of sp³-hybridized carbons (Fsp3) is 0.375. The Hall–Kier alpha value is -1.85. The van der Waals surface area contributed by atoms with Crippen molar-refractivity contribution in [2.45, 2.75) is 19.4 Å². The SMILES string of the molecule is O=C(O)[C@@H]1CCCN(Cc2ncc(-c3cccc(Cl)c3)o2)C1. The Labute approximate surface area is 133 Å². The first kappa shape index (κ1) is 15.1. The molecule has 2 aromatic rings. The van der Waals surface area contributed by atoms with Crippen molar-refractivity contribution in [1.82, 2.24) is 9.88 Å². The lowest BCUT2D eigenvalue weighted by Crippen LogP contribution is -2.38. The molecule has 0 aliphatic carbocycles. The largest absolute Gasteiger partial charge is 0.481 e. The Kier molecular flexibility index (Phi) is 4.45. The number of benzene rings is 1. The van der Waals surface area contributed by atoms with Gasteiger partial charge < -0.3 is 9.52 Å². The molecule has 5 nitrogen and oxygen atoms in total. The maximum absolute atomic E-state index is 11.1. The molecule has 116 valence electrons. The molecule has 1 aromatic heterocycles. The summed E-state index contributed by atoms with van der Waals surface area (Å²) < 4.78 is 5.76. The summed E-state index contributed by atoms with van der Waals surface area (Å²) in [6.45, 7) is 1.95. The van der Waals surface area contributed by atoms with E-state index in [2.05, 4.69) is 9.88 Å². The van der Waals surface area contributed by atoms with Crippen LogP contribution in [0.1, 0.15) is 18.7 Å². The van der Waals surface area contributed by atoms with Crippen molar-refractivity contribution in [2.75, 3.05) is 13.1 Å². The number of piperidine rings is 1. The van der Waals surface area contributed by atoms with Gasteiger partial charge in [0.25, 0.3) is 0 Å². The lowest BCUT2D eigenvalue weighted by molar-refractivity contribution is -0.143. The molecule has 0 bridgehead atoms. The normalized spacial score (nSPS) is 19.2. The third kappa shape index (κ3) is 3.48. The van der Waals surface area contributed by atoms with Crippen LogP contribution in [0.15, 0.2) is 34.9 Å². The van der Waals surface area contributed by atoms with E-state index in [9.17, 15) is 4.79 Å². The standard InChI is InChI=1S/C16H17ClN2O3/c17-13-5-1-3-11(7-13)14-8-18-15(22-14)10-19-6-2-4-12(9-19)16(20)21/h1,3,5,7-8,12H,2,4,6,9-10H2,(H,20,21)/t12-/m1/s1. The predicted octanol–water partition coefficient (Wildman–Crippen LogP) is 3.29. The van der Waals surface area contributed by atoms with Crippen LogP contribution in [0.4, 0.5) is 0 Å². The minimum Gasteiger partial charge on any atom is -0.481 e. The molecule has 1 aromatic carbocycles. The Morgan fingerprint density at radius 2 is 2.36 bits per heavy atom. The van der Waals surface area contributed by atoms with Crippen molar-refractivity contribution in [3.05, 3.63) is 41.4 Å². The molecule has 6 heteroatoms. The third-order valence-corrected chi connectivity index (χ3v) is 4.11. The van der Waals surface area contributed by atoms with Crippen molar-refractivity contribution >= 4 is 17.6 Å². The second-order valence-electron chi connectivity index (χ2n) is 5.54. The zero-order chi connectivity index (χ0) is 15.5. The quantitative estimate of drug-likeness (QED) is 0.936. The van der Waals surface area contributed by atoms with Gasteiger partial charge >= 0.3 is 5.97 Å². The first-order chi connectivity index (χ1) is 10.6. The van der Waals surface area contributed by atoms with E-state index in [1.165, 1.54) is 0 Å². The summed E-state index contributed by atoms with van der Waals surface area (Å²) in [6, 6.07) is 7.41. The van der Waals surface area contributed by atoms with Gasteiger partial charge in [0.15, 0.2) is 5.76 Å². The number of nitrogens with zero attached hydrogens (tertiary/aromatic N) is 2. The smallest absolute Gasteiger partial charge is 0.307 e. The minimum absolute atomic E-state index is 0.295. The van der Waals surface area contributed by atoms with E-state index in [1.807, 2.05) is 24.3 Å².